The second kappa shape index (κ2) is 10.5. The SMILES string of the molecule is CC(C)CC(C(=O)[OH2+])c1cc(Oc2ccc(C(F)(F)F)cc2)cc(-c2ccc(C(F)(F)I)cc2)c1. The predicted molar refractivity (Wildman–Crippen MR) is 132 cm³/mol. The average molecular weight is 605 g/mol. The van der Waals surface area contributed by atoms with Crippen LogP contribution in [-0.2, 0) is 14.9 Å². The molecule has 186 valence electrons. The number of hydrogen-bond acceptors (Lipinski definition) is 2. The van der Waals surface area contributed by atoms with Gasteiger partial charge in [-0.2, -0.15) is 22.0 Å². The van der Waals surface area contributed by atoms with Crippen LogP contribution < -0.4 is 4.74 Å². The zero-order valence-electron chi connectivity index (χ0n) is 18.8. The molecule has 0 bridgehead atoms. The lowest BCUT2D eigenvalue weighted by Crippen LogP contribution is -2.14. The van der Waals surface area contributed by atoms with Crippen LogP contribution in [0.5, 0.6) is 11.5 Å². The molecule has 0 heterocycles. The average Bonchev–Trinajstić information content (AvgIpc) is 2.76. The Morgan fingerprint density at radius 3 is 1.91 bits per heavy atom. The number of hydrogen-bond donors (Lipinski definition) is 0. The fourth-order valence-electron chi connectivity index (χ4n) is 3.61. The Bertz CT molecular complexity index is 1170. The summed E-state index contributed by atoms with van der Waals surface area (Å²) in [4.78, 5) is 12.1. The number of alkyl halides is 6. The van der Waals surface area contributed by atoms with Crippen molar-refractivity contribution in [3.05, 3.63) is 83.4 Å². The van der Waals surface area contributed by atoms with Gasteiger partial charge in [0.05, 0.1) is 5.56 Å². The Kier molecular flexibility index (Phi) is 8.08. The van der Waals surface area contributed by atoms with Crippen LogP contribution in [0.3, 0.4) is 0 Å². The molecular weight excluding hydrogens is 582 g/mol. The molecule has 2 N–H and O–H groups in total. The molecule has 0 radical (unpaired) electrons. The number of carbonyl (C=O) groups excluding carboxylic acids is 1. The molecule has 3 nitrogen and oxygen atoms in total. The maximum Gasteiger partial charge on any atom is 0.523 e. The third kappa shape index (κ3) is 7.16. The lowest BCUT2D eigenvalue weighted by atomic mass is 9.88. The maximum absolute atomic E-state index is 13.6. The first-order valence-electron chi connectivity index (χ1n) is 10.7. The molecule has 0 spiro atoms. The minimum absolute atomic E-state index is 0.113. The molecule has 3 rings (SSSR count). The minimum atomic E-state index is -4.48. The Morgan fingerprint density at radius 1 is 0.857 bits per heavy atom. The quantitative estimate of drug-likeness (QED) is 0.113. The van der Waals surface area contributed by atoms with Gasteiger partial charge in [0, 0.05) is 32.9 Å². The Labute approximate surface area is 213 Å². The minimum Gasteiger partial charge on any atom is -0.564 e. The topological polar surface area (TPSA) is 49.2 Å². The van der Waals surface area contributed by atoms with Crippen LogP contribution in [0.15, 0.2) is 66.7 Å². The molecule has 1 unspecified atom stereocenters. The first-order chi connectivity index (χ1) is 16.2. The van der Waals surface area contributed by atoms with Crippen molar-refractivity contribution in [3.63, 3.8) is 0 Å². The highest BCUT2D eigenvalue weighted by Crippen LogP contribution is 2.38. The van der Waals surface area contributed by atoms with E-state index in [1.54, 1.807) is 18.2 Å². The predicted octanol–water partition coefficient (Wildman–Crippen LogP) is 8.03. The van der Waals surface area contributed by atoms with Crippen molar-refractivity contribution in [1.82, 2.24) is 0 Å². The van der Waals surface area contributed by atoms with Gasteiger partial charge in [0.15, 0.2) is 0 Å². The molecule has 1 atom stereocenters. The van der Waals surface area contributed by atoms with E-state index in [9.17, 15) is 26.7 Å². The van der Waals surface area contributed by atoms with Gasteiger partial charge in [-0.1, -0.05) is 38.1 Å². The van der Waals surface area contributed by atoms with E-state index in [1.807, 2.05) is 13.8 Å². The normalized spacial score (nSPS) is 13.1. The smallest absolute Gasteiger partial charge is 0.523 e. The van der Waals surface area contributed by atoms with Crippen LogP contribution in [0.1, 0.15) is 42.9 Å². The van der Waals surface area contributed by atoms with Gasteiger partial charge in [0.25, 0.3) is 0 Å². The van der Waals surface area contributed by atoms with Gasteiger partial charge in [-0.15, -0.1) is 0 Å². The fraction of sp³-hybridized carbons (Fsp3) is 0.269. The van der Waals surface area contributed by atoms with Gasteiger partial charge >= 0.3 is 16.1 Å². The number of rotatable bonds is 8. The second-order valence-electron chi connectivity index (χ2n) is 8.54. The van der Waals surface area contributed by atoms with Gasteiger partial charge in [-0.05, 0) is 71.5 Å². The van der Waals surface area contributed by atoms with Gasteiger partial charge in [-0.25, -0.2) is 0 Å². The van der Waals surface area contributed by atoms with E-state index < -0.39 is 27.6 Å². The largest absolute Gasteiger partial charge is 0.564 e. The maximum atomic E-state index is 13.6. The van der Waals surface area contributed by atoms with Crippen molar-refractivity contribution in [1.29, 1.82) is 0 Å². The van der Waals surface area contributed by atoms with E-state index >= 15 is 0 Å². The molecule has 0 saturated heterocycles. The third-order valence-electron chi connectivity index (χ3n) is 5.32. The summed E-state index contributed by atoms with van der Waals surface area (Å²) in [6.45, 7) is 3.84. The monoisotopic (exact) mass is 605 g/mol. The molecule has 3 aromatic carbocycles. The Balaban J connectivity index is 2.04. The van der Waals surface area contributed by atoms with Crippen molar-refractivity contribution in [2.45, 2.75) is 36.3 Å². The van der Waals surface area contributed by atoms with E-state index in [1.165, 1.54) is 36.4 Å². The van der Waals surface area contributed by atoms with E-state index in [4.69, 9.17) is 9.84 Å². The van der Waals surface area contributed by atoms with E-state index in [0.29, 0.717) is 23.1 Å². The summed E-state index contributed by atoms with van der Waals surface area (Å²) < 4.78 is 68.6. The van der Waals surface area contributed by atoms with E-state index in [0.717, 1.165) is 34.7 Å². The van der Waals surface area contributed by atoms with Crippen molar-refractivity contribution >= 4 is 28.6 Å². The number of halogens is 6. The molecule has 0 aliphatic rings. The standard InChI is InChI=1S/C26H22F5IO3/c1-15(2)11-23(24(33)34)18-12-17(16-3-5-20(6-4-16)26(30,31)32)13-22(14-18)35-21-9-7-19(8-10-21)25(27,28)29/h3-10,12-15,23H,11H2,1-2H3,(H,33,34)/p+1. The molecule has 9 heteroatoms. The highest BCUT2D eigenvalue weighted by Gasteiger charge is 2.31. The first-order valence-corrected chi connectivity index (χ1v) is 11.7. The molecular formula is C26H23F5IO3+. The molecule has 3 aromatic rings. The van der Waals surface area contributed by atoms with Gasteiger partial charge < -0.3 is 9.84 Å². The van der Waals surface area contributed by atoms with Gasteiger partial charge in [0.1, 0.15) is 17.4 Å². The number of benzene rings is 3. The first kappa shape index (κ1) is 26.9. The molecule has 0 aliphatic carbocycles. The van der Waals surface area contributed by atoms with Crippen molar-refractivity contribution in [2.24, 2.45) is 5.92 Å². The lowest BCUT2D eigenvalue weighted by Gasteiger charge is -2.16. The Hall–Kier alpha value is -2.69. The van der Waals surface area contributed by atoms with E-state index in [-0.39, 0.29) is 23.0 Å². The van der Waals surface area contributed by atoms with Crippen LogP contribution in [-0.4, -0.2) is 11.1 Å². The van der Waals surface area contributed by atoms with Crippen LogP contribution in [0.25, 0.3) is 11.1 Å². The number of carbonyl (C=O) groups is 1. The lowest BCUT2D eigenvalue weighted by molar-refractivity contribution is -0.139. The third-order valence-corrected chi connectivity index (χ3v) is 5.94. The summed E-state index contributed by atoms with van der Waals surface area (Å²) in [5.41, 5.74) is 0.653. The van der Waals surface area contributed by atoms with Gasteiger partial charge in [0.2, 0.25) is 0 Å². The van der Waals surface area contributed by atoms with Crippen LogP contribution in [0.2, 0.25) is 0 Å². The summed E-state index contributed by atoms with van der Waals surface area (Å²) in [5.74, 6) is -1.02. The molecule has 0 aliphatic heterocycles. The van der Waals surface area contributed by atoms with Crippen LogP contribution >= 0.6 is 22.6 Å². The molecule has 0 fully saturated rings. The zero-order valence-corrected chi connectivity index (χ0v) is 21.0. The number of ether oxygens (including phenoxy) is 1. The van der Waals surface area contributed by atoms with Crippen molar-refractivity contribution in [3.8, 4) is 22.6 Å². The second-order valence-corrected chi connectivity index (χ2v) is 9.89. The summed E-state index contributed by atoms with van der Waals surface area (Å²) in [5, 5.41) is 7.74. The van der Waals surface area contributed by atoms with Crippen LogP contribution in [0.4, 0.5) is 22.0 Å². The summed E-state index contributed by atoms with van der Waals surface area (Å²) >= 11 is 1.04. The molecule has 0 aromatic heterocycles. The van der Waals surface area contributed by atoms with Crippen molar-refractivity contribution in [2.75, 3.05) is 0 Å². The summed E-state index contributed by atoms with van der Waals surface area (Å²) in [6.07, 6.45) is -4.07. The Morgan fingerprint density at radius 2 is 1.43 bits per heavy atom. The molecule has 35 heavy (non-hydrogen) atoms. The van der Waals surface area contributed by atoms with Crippen LogP contribution in [0, 0.1) is 5.92 Å². The van der Waals surface area contributed by atoms with E-state index in [2.05, 4.69) is 0 Å². The summed E-state index contributed by atoms with van der Waals surface area (Å²) in [6, 6.07) is 14.7. The zero-order chi connectivity index (χ0) is 26.0. The molecule has 0 amide bonds. The highest BCUT2D eigenvalue weighted by molar-refractivity contribution is 14.1. The fourth-order valence-corrected chi connectivity index (χ4v) is 3.97. The summed E-state index contributed by atoms with van der Waals surface area (Å²) in [7, 11) is 0. The molecule has 0 saturated carbocycles. The highest BCUT2D eigenvalue weighted by atomic mass is 127. The van der Waals surface area contributed by atoms with Crippen molar-refractivity contribution < 1.29 is 36.6 Å². The van der Waals surface area contributed by atoms with Gasteiger partial charge in [-0.3, -0.25) is 0 Å².